The molecule has 0 spiro atoms. The first-order chi connectivity index (χ1) is 21.6. The Morgan fingerprint density at radius 3 is 2.39 bits per heavy atom. The van der Waals surface area contributed by atoms with E-state index < -0.39 is 70.6 Å². The molecule has 3 heterocycles. The lowest BCUT2D eigenvalue weighted by atomic mass is 9.81. The van der Waals surface area contributed by atoms with Gasteiger partial charge < -0.3 is 14.7 Å². The summed E-state index contributed by atoms with van der Waals surface area (Å²) in [4.78, 5) is 29.4. The summed E-state index contributed by atoms with van der Waals surface area (Å²) in [5, 5.41) is 14.2. The Balaban J connectivity index is 1.65. The fourth-order valence-corrected chi connectivity index (χ4v) is 7.72. The quantitative estimate of drug-likeness (QED) is 0.363. The summed E-state index contributed by atoms with van der Waals surface area (Å²) in [6, 6.07) is 11.7. The lowest BCUT2D eigenvalue weighted by Crippen LogP contribution is -2.54. The number of carbonyl (C=O) groups is 2. The van der Waals surface area contributed by atoms with E-state index in [1.807, 2.05) is 0 Å². The van der Waals surface area contributed by atoms with Crippen LogP contribution in [0.25, 0.3) is 0 Å². The summed E-state index contributed by atoms with van der Waals surface area (Å²) in [6.07, 6.45) is -6.49. The summed E-state index contributed by atoms with van der Waals surface area (Å²) in [5.74, 6) is -6.75. The van der Waals surface area contributed by atoms with Crippen molar-refractivity contribution in [1.29, 1.82) is 0 Å². The largest absolute Gasteiger partial charge is 0.496 e. The third kappa shape index (κ3) is 6.20. The standard InChI is InChI=1S/C30H33F4N5O6S/c1-18-26(25-23(30(32,33)34)13-15-38(29(25)42)46(43,44)37-14-12-21(40)17-37)35-39(28(41)22-6-4-5-7-24(22)45-3)27(18)36(2)16-19-8-10-20(31)11-9-19/h4-11,21,23,25,40H,12-17H2,1-3H3. The van der Waals surface area contributed by atoms with Gasteiger partial charge in [-0.05, 0) is 49.6 Å². The molecule has 2 aliphatic heterocycles. The lowest BCUT2D eigenvalue weighted by Gasteiger charge is -2.38. The number of benzene rings is 2. The van der Waals surface area contributed by atoms with E-state index in [4.69, 9.17) is 4.74 Å². The zero-order chi connectivity index (χ0) is 33.6. The number of aromatic nitrogens is 2. The molecule has 2 fully saturated rings. The van der Waals surface area contributed by atoms with Gasteiger partial charge in [0.1, 0.15) is 17.4 Å². The van der Waals surface area contributed by atoms with E-state index in [1.54, 1.807) is 19.2 Å². The van der Waals surface area contributed by atoms with Gasteiger partial charge >= 0.3 is 16.4 Å². The van der Waals surface area contributed by atoms with E-state index in [0.29, 0.717) is 9.87 Å². The second-order valence-corrected chi connectivity index (χ2v) is 13.2. The maximum absolute atomic E-state index is 14.5. The van der Waals surface area contributed by atoms with Gasteiger partial charge in [0, 0.05) is 38.8 Å². The molecule has 2 saturated heterocycles. The maximum Gasteiger partial charge on any atom is 0.393 e. The molecule has 1 aromatic heterocycles. The van der Waals surface area contributed by atoms with Crippen molar-refractivity contribution < 1.29 is 45.4 Å². The normalized spacial score (nSPS) is 21.1. The molecule has 2 aliphatic rings. The zero-order valence-electron chi connectivity index (χ0n) is 25.2. The first-order valence-electron chi connectivity index (χ1n) is 14.4. The maximum atomic E-state index is 14.5. The lowest BCUT2D eigenvalue weighted by molar-refractivity contribution is -0.192. The van der Waals surface area contributed by atoms with Crippen molar-refractivity contribution in [2.75, 3.05) is 38.7 Å². The van der Waals surface area contributed by atoms with Crippen LogP contribution in [0.4, 0.5) is 23.4 Å². The highest BCUT2D eigenvalue weighted by molar-refractivity contribution is 7.87. The molecule has 16 heteroatoms. The van der Waals surface area contributed by atoms with Crippen LogP contribution in [-0.4, -0.2) is 89.8 Å². The molecule has 3 unspecified atom stereocenters. The highest BCUT2D eigenvalue weighted by Gasteiger charge is 2.56. The number of rotatable bonds is 8. The Morgan fingerprint density at radius 1 is 1.11 bits per heavy atom. The number of piperidine rings is 1. The number of alkyl halides is 3. The van der Waals surface area contributed by atoms with Crippen molar-refractivity contribution in [2.24, 2.45) is 5.92 Å². The minimum Gasteiger partial charge on any atom is -0.496 e. The number of methoxy groups -OCH3 is 1. The van der Waals surface area contributed by atoms with Crippen molar-refractivity contribution in [3.8, 4) is 5.75 Å². The number of anilines is 1. The molecule has 0 aliphatic carbocycles. The molecular formula is C30H33F4N5O6S. The third-order valence-corrected chi connectivity index (χ3v) is 10.3. The van der Waals surface area contributed by atoms with Gasteiger partial charge in [-0.15, -0.1) is 0 Å². The minimum atomic E-state index is -4.91. The van der Waals surface area contributed by atoms with Gasteiger partial charge in [-0.2, -0.15) is 35.7 Å². The molecule has 2 aromatic carbocycles. The molecule has 1 N–H and O–H groups in total. The van der Waals surface area contributed by atoms with Gasteiger partial charge in [-0.25, -0.2) is 8.70 Å². The molecule has 0 saturated carbocycles. The first-order valence-corrected chi connectivity index (χ1v) is 15.8. The van der Waals surface area contributed by atoms with Gasteiger partial charge in [0.05, 0.1) is 36.3 Å². The highest BCUT2D eigenvalue weighted by atomic mass is 32.2. The van der Waals surface area contributed by atoms with Gasteiger partial charge in [0.2, 0.25) is 5.91 Å². The van der Waals surface area contributed by atoms with Gasteiger partial charge in [-0.1, -0.05) is 24.3 Å². The number of ether oxygens (including phenoxy) is 1. The number of hydrogen-bond donors (Lipinski definition) is 1. The Hall–Kier alpha value is -4.02. The molecule has 0 bridgehead atoms. The number of hydrogen-bond acceptors (Lipinski definition) is 8. The number of aliphatic hydroxyl groups is 1. The van der Waals surface area contributed by atoms with Crippen molar-refractivity contribution >= 4 is 27.8 Å². The smallest absolute Gasteiger partial charge is 0.393 e. The van der Waals surface area contributed by atoms with E-state index in [9.17, 15) is 40.7 Å². The highest BCUT2D eigenvalue weighted by Crippen LogP contribution is 2.46. The fourth-order valence-electron chi connectivity index (χ4n) is 6.07. The van der Waals surface area contributed by atoms with Gasteiger partial charge in [0.25, 0.3) is 5.91 Å². The zero-order valence-corrected chi connectivity index (χ0v) is 26.1. The van der Waals surface area contributed by atoms with Crippen molar-refractivity contribution in [2.45, 2.75) is 44.5 Å². The second kappa shape index (κ2) is 12.6. The van der Waals surface area contributed by atoms with Gasteiger partial charge in [-0.3, -0.25) is 9.59 Å². The van der Waals surface area contributed by atoms with Crippen molar-refractivity contribution in [1.82, 2.24) is 18.4 Å². The molecule has 11 nitrogen and oxygen atoms in total. The van der Waals surface area contributed by atoms with E-state index in [-0.39, 0.29) is 48.7 Å². The van der Waals surface area contributed by atoms with Crippen molar-refractivity contribution in [3.63, 3.8) is 0 Å². The molecule has 1 amide bonds. The SMILES string of the molecule is COc1ccccc1C(=O)n1nc(C2C(=O)N(S(=O)(=O)N3CCC(O)C3)CCC2C(F)(F)F)c(C)c1N(C)Cc1ccc(F)cc1. The number of aliphatic hydroxyl groups excluding tert-OH is 1. The van der Waals surface area contributed by atoms with Crippen molar-refractivity contribution in [3.05, 3.63) is 76.7 Å². The predicted molar refractivity (Wildman–Crippen MR) is 158 cm³/mol. The number of β-amino-alcohol motifs (C(OH)–C–C–N with tert-alkyl or cyclic N) is 1. The Labute approximate surface area is 263 Å². The Kier molecular flexibility index (Phi) is 9.16. The molecule has 46 heavy (non-hydrogen) atoms. The van der Waals surface area contributed by atoms with Crippen LogP contribution in [0.1, 0.15) is 45.9 Å². The summed E-state index contributed by atoms with van der Waals surface area (Å²) in [7, 11) is -1.67. The van der Waals surface area contributed by atoms with E-state index in [2.05, 4.69) is 5.10 Å². The predicted octanol–water partition coefficient (Wildman–Crippen LogP) is 3.47. The number of carbonyl (C=O) groups excluding carboxylic acids is 2. The summed E-state index contributed by atoms with van der Waals surface area (Å²) in [6.45, 7) is 0.380. The van der Waals surface area contributed by atoms with Crippen LogP contribution in [0.5, 0.6) is 5.75 Å². The van der Waals surface area contributed by atoms with Crippen LogP contribution >= 0.6 is 0 Å². The van der Waals surface area contributed by atoms with Crippen LogP contribution in [0.3, 0.4) is 0 Å². The average Bonchev–Trinajstić information content (AvgIpc) is 3.60. The number of para-hydroxylation sites is 1. The second-order valence-electron chi connectivity index (χ2n) is 11.4. The number of nitrogens with zero attached hydrogens (tertiary/aromatic N) is 5. The summed E-state index contributed by atoms with van der Waals surface area (Å²) >= 11 is 0. The Morgan fingerprint density at radius 2 is 1.78 bits per heavy atom. The van der Waals surface area contributed by atoms with Crippen LogP contribution in [0.2, 0.25) is 0 Å². The minimum absolute atomic E-state index is 0.0367. The molecule has 3 aromatic rings. The van der Waals surface area contributed by atoms with Crippen LogP contribution < -0.4 is 9.64 Å². The topological polar surface area (TPSA) is 125 Å². The number of amides is 1. The summed E-state index contributed by atoms with van der Waals surface area (Å²) in [5.41, 5.74) is 0.290. The summed E-state index contributed by atoms with van der Waals surface area (Å²) < 4.78 is 91.6. The molecule has 3 atom stereocenters. The molecular weight excluding hydrogens is 634 g/mol. The average molecular weight is 668 g/mol. The molecule has 248 valence electrons. The monoisotopic (exact) mass is 667 g/mol. The molecule has 0 radical (unpaired) electrons. The van der Waals surface area contributed by atoms with Crippen LogP contribution in [0.15, 0.2) is 48.5 Å². The van der Waals surface area contributed by atoms with Crippen LogP contribution in [-0.2, 0) is 21.5 Å². The van der Waals surface area contributed by atoms with Crippen LogP contribution in [0, 0.1) is 18.7 Å². The third-order valence-electron chi connectivity index (χ3n) is 8.36. The first kappa shape index (κ1) is 33.3. The van der Waals surface area contributed by atoms with Gasteiger partial charge in [0.15, 0.2) is 0 Å². The fraction of sp³-hybridized carbons (Fsp3) is 0.433. The Bertz CT molecular complexity index is 1730. The van der Waals surface area contributed by atoms with E-state index in [0.717, 1.165) is 8.99 Å². The molecule has 5 rings (SSSR count). The number of halogens is 4. The van der Waals surface area contributed by atoms with E-state index >= 15 is 0 Å². The van der Waals surface area contributed by atoms with E-state index in [1.165, 1.54) is 55.3 Å².